The Labute approximate surface area is 153 Å². The highest BCUT2D eigenvalue weighted by molar-refractivity contribution is 5.91. The van der Waals surface area contributed by atoms with Crippen LogP contribution in [-0.2, 0) is 0 Å². The first-order valence-corrected chi connectivity index (χ1v) is 9.37. The summed E-state index contributed by atoms with van der Waals surface area (Å²) < 4.78 is 5.21. The number of aromatic nitrogens is 2. The molecule has 2 aromatic heterocycles. The van der Waals surface area contributed by atoms with Gasteiger partial charge >= 0.3 is 0 Å². The SMILES string of the molecule is CC1CCN(c2ccc(N3CCN(C(=O)c4ccco4)CC3)nn2)CC1. The van der Waals surface area contributed by atoms with Gasteiger partial charge in [0.25, 0.3) is 5.91 Å². The average Bonchev–Trinajstić information content (AvgIpc) is 3.23. The summed E-state index contributed by atoms with van der Waals surface area (Å²) >= 11 is 0. The molecule has 0 atom stereocenters. The normalized spacial score (nSPS) is 19.0. The quantitative estimate of drug-likeness (QED) is 0.841. The van der Waals surface area contributed by atoms with E-state index >= 15 is 0 Å². The fourth-order valence-corrected chi connectivity index (χ4v) is 3.59. The molecule has 0 bridgehead atoms. The van der Waals surface area contributed by atoms with E-state index < -0.39 is 0 Å². The van der Waals surface area contributed by atoms with Gasteiger partial charge in [-0.1, -0.05) is 6.92 Å². The molecule has 1 amide bonds. The molecule has 7 heteroatoms. The van der Waals surface area contributed by atoms with E-state index in [0.717, 1.165) is 43.7 Å². The second-order valence-corrected chi connectivity index (χ2v) is 7.18. The fourth-order valence-electron chi connectivity index (χ4n) is 3.59. The third-order valence-corrected chi connectivity index (χ3v) is 5.37. The monoisotopic (exact) mass is 355 g/mol. The van der Waals surface area contributed by atoms with Gasteiger partial charge in [0.2, 0.25) is 0 Å². The van der Waals surface area contributed by atoms with Crippen LogP contribution in [0.2, 0.25) is 0 Å². The molecule has 2 saturated heterocycles. The Morgan fingerprint density at radius 2 is 1.58 bits per heavy atom. The van der Waals surface area contributed by atoms with E-state index in [9.17, 15) is 4.79 Å². The molecule has 0 unspecified atom stereocenters. The number of furan rings is 1. The Hall–Kier alpha value is -2.57. The Morgan fingerprint density at radius 3 is 2.12 bits per heavy atom. The minimum atomic E-state index is -0.0459. The lowest BCUT2D eigenvalue weighted by Crippen LogP contribution is -2.49. The van der Waals surface area contributed by atoms with Crippen LogP contribution >= 0.6 is 0 Å². The lowest BCUT2D eigenvalue weighted by atomic mass is 9.99. The van der Waals surface area contributed by atoms with Gasteiger partial charge in [-0.3, -0.25) is 4.79 Å². The van der Waals surface area contributed by atoms with Gasteiger partial charge in [-0.15, -0.1) is 10.2 Å². The van der Waals surface area contributed by atoms with E-state index in [1.807, 2.05) is 11.0 Å². The van der Waals surface area contributed by atoms with Crippen molar-refractivity contribution in [3.05, 3.63) is 36.3 Å². The number of hydrogen-bond donors (Lipinski definition) is 0. The van der Waals surface area contributed by atoms with Crippen molar-refractivity contribution in [2.75, 3.05) is 49.1 Å². The molecular formula is C19H25N5O2. The third-order valence-electron chi connectivity index (χ3n) is 5.37. The van der Waals surface area contributed by atoms with Crippen LogP contribution in [0.3, 0.4) is 0 Å². The summed E-state index contributed by atoms with van der Waals surface area (Å²) in [5.74, 6) is 3.00. The standard InChI is InChI=1S/C19H25N5O2/c1-15-6-8-22(9-7-15)17-4-5-18(21-20-17)23-10-12-24(13-11-23)19(25)16-3-2-14-26-16/h2-5,14-15H,6-13H2,1H3. The molecule has 2 aliphatic heterocycles. The minimum absolute atomic E-state index is 0.0459. The fraction of sp³-hybridized carbons (Fsp3) is 0.526. The van der Waals surface area contributed by atoms with Crippen molar-refractivity contribution in [1.82, 2.24) is 15.1 Å². The minimum Gasteiger partial charge on any atom is -0.459 e. The molecule has 0 N–H and O–H groups in total. The van der Waals surface area contributed by atoms with Gasteiger partial charge in [-0.05, 0) is 43.0 Å². The van der Waals surface area contributed by atoms with Crippen molar-refractivity contribution in [2.24, 2.45) is 5.92 Å². The van der Waals surface area contributed by atoms with Crippen molar-refractivity contribution in [3.8, 4) is 0 Å². The van der Waals surface area contributed by atoms with Crippen molar-refractivity contribution >= 4 is 17.5 Å². The Kier molecular flexibility index (Phi) is 4.77. The summed E-state index contributed by atoms with van der Waals surface area (Å²) in [4.78, 5) is 18.7. The van der Waals surface area contributed by atoms with Crippen LogP contribution in [0.5, 0.6) is 0 Å². The first-order valence-electron chi connectivity index (χ1n) is 9.37. The molecule has 0 radical (unpaired) electrons. The number of carbonyl (C=O) groups is 1. The summed E-state index contributed by atoms with van der Waals surface area (Å²) in [7, 11) is 0. The van der Waals surface area contributed by atoms with Crippen LogP contribution in [-0.4, -0.2) is 60.3 Å². The van der Waals surface area contributed by atoms with E-state index in [-0.39, 0.29) is 5.91 Å². The number of anilines is 2. The highest BCUT2D eigenvalue weighted by atomic mass is 16.3. The highest BCUT2D eigenvalue weighted by Gasteiger charge is 2.25. The number of carbonyl (C=O) groups excluding carboxylic acids is 1. The zero-order valence-corrected chi connectivity index (χ0v) is 15.2. The number of rotatable bonds is 3. The Morgan fingerprint density at radius 1 is 0.962 bits per heavy atom. The van der Waals surface area contributed by atoms with Gasteiger partial charge < -0.3 is 19.1 Å². The smallest absolute Gasteiger partial charge is 0.289 e. The van der Waals surface area contributed by atoms with Crippen LogP contribution in [0.15, 0.2) is 34.9 Å². The van der Waals surface area contributed by atoms with Crippen LogP contribution < -0.4 is 9.80 Å². The molecule has 138 valence electrons. The van der Waals surface area contributed by atoms with E-state index in [1.54, 1.807) is 12.1 Å². The predicted octanol–water partition coefficient (Wildman–Crippen LogP) is 2.27. The van der Waals surface area contributed by atoms with Crippen molar-refractivity contribution in [1.29, 1.82) is 0 Å². The van der Waals surface area contributed by atoms with E-state index in [2.05, 4.69) is 33.0 Å². The number of nitrogens with zero attached hydrogens (tertiary/aromatic N) is 5. The van der Waals surface area contributed by atoms with Gasteiger partial charge in [-0.2, -0.15) is 0 Å². The molecule has 0 spiro atoms. The van der Waals surface area contributed by atoms with Crippen molar-refractivity contribution in [3.63, 3.8) is 0 Å². The van der Waals surface area contributed by atoms with Gasteiger partial charge in [0.15, 0.2) is 17.4 Å². The largest absolute Gasteiger partial charge is 0.459 e. The van der Waals surface area contributed by atoms with E-state index in [4.69, 9.17) is 4.42 Å². The van der Waals surface area contributed by atoms with Crippen molar-refractivity contribution < 1.29 is 9.21 Å². The molecule has 2 aromatic rings. The van der Waals surface area contributed by atoms with Gasteiger partial charge in [-0.25, -0.2) is 0 Å². The molecule has 0 saturated carbocycles. The number of piperidine rings is 1. The second kappa shape index (κ2) is 7.35. The van der Waals surface area contributed by atoms with Gasteiger partial charge in [0.1, 0.15) is 0 Å². The first kappa shape index (κ1) is 16.9. The first-order chi connectivity index (χ1) is 12.7. The topological polar surface area (TPSA) is 65.7 Å². The zero-order valence-electron chi connectivity index (χ0n) is 15.2. The summed E-state index contributed by atoms with van der Waals surface area (Å²) in [6, 6.07) is 7.56. The molecule has 0 aliphatic carbocycles. The molecule has 7 nitrogen and oxygen atoms in total. The Balaban J connectivity index is 1.34. The molecule has 2 fully saturated rings. The van der Waals surface area contributed by atoms with Crippen molar-refractivity contribution in [2.45, 2.75) is 19.8 Å². The van der Waals surface area contributed by atoms with Crippen LogP contribution in [0, 0.1) is 5.92 Å². The van der Waals surface area contributed by atoms with Gasteiger partial charge in [0, 0.05) is 39.3 Å². The van der Waals surface area contributed by atoms with Crippen LogP contribution in [0.25, 0.3) is 0 Å². The molecule has 26 heavy (non-hydrogen) atoms. The average molecular weight is 355 g/mol. The van der Waals surface area contributed by atoms with Crippen LogP contribution in [0.4, 0.5) is 11.6 Å². The molecular weight excluding hydrogens is 330 g/mol. The molecule has 4 heterocycles. The lowest BCUT2D eigenvalue weighted by Gasteiger charge is -2.35. The maximum Gasteiger partial charge on any atom is 0.289 e. The maximum atomic E-state index is 12.3. The summed E-state index contributed by atoms with van der Waals surface area (Å²) in [6.45, 7) is 7.25. The lowest BCUT2D eigenvalue weighted by molar-refractivity contribution is 0.0714. The van der Waals surface area contributed by atoms with E-state index in [0.29, 0.717) is 18.8 Å². The Bertz CT molecular complexity index is 715. The summed E-state index contributed by atoms with van der Waals surface area (Å²) in [5, 5.41) is 8.86. The number of amides is 1. The third kappa shape index (κ3) is 3.52. The highest BCUT2D eigenvalue weighted by Crippen LogP contribution is 2.22. The summed E-state index contributed by atoms with van der Waals surface area (Å²) in [6.07, 6.45) is 3.97. The maximum absolute atomic E-state index is 12.3. The van der Waals surface area contributed by atoms with Gasteiger partial charge in [0.05, 0.1) is 6.26 Å². The second-order valence-electron chi connectivity index (χ2n) is 7.18. The molecule has 0 aromatic carbocycles. The van der Waals surface area contributed by atoms with Crippen LogP contribution in [0.1, 0.15) is 30.3 Å². The molecule has 4 rings (SSSR count). The number of piperazine rings is 1. The summed E-state index contributed by atoms with van der Waals surface area (Å²) in [5.41, 5.74) is 0. The zero-order chi connectivity index (χ0) is 17.9. The number of hydrogen-bond acceptors (Lipinski definition) is 6. The molecule has 2 aliphatic rings. The van der Waals surface area contributed by atoms with E-state index in [1.165, 1.54) is 19.1 Å². The predicted molar refractivity (Wildman–Crippen MR) is 99.5 cm³/mol.